The van der Waals surface area contributed by atoms with Gasteiger partial charge in [0.2, 0.25) is 5.91 Å². The van der Waals surface area contributed by atoms with Crippen LogP contribution in [0.15, 0.2) is 72.3 Å². The summed E-state index contributed by atoms with van der Waals surface area (Å²) in [5.74, 6) is 0.155. The van der Waals surface area contributed by atoms with Gasteiger partial charge in [0, 0.05) is 5.69 Å². The molecule has 2 aromatic carbocycles. The van der Waals surface area contributed by atoms with Crippen LogP contribution in [0.4, 0.5) is 5.69 Å². The Morgan fingerprint density at radius 3 is 2.43 bits per heavy atom. The minimum absolute atomic E-state index is 0.0210. The van der Waals surface area contributed by atoms with Crippen molar-refractivity contribution in [1.29, 1.82) is 0 Å². The molecule has 1 amide bonds. The molecule has 0 saturated heterocycles. The summed E-state index contributed by atoms with van der Waals surface area (Å²) in [7, 11) is 0. The summed E-state index contributed by atoms with van der Waals surface area (Å²) >= 11 is 0. The van der Waals surface area contributed by atoms with Crippen molar-refractivity contribution in [1.82, 2.24) is 0 Å². The summed E-state index contributed by atoms with van der Waals surface area (Å²) in [5.41, 5.74) is 3.48. The first-order valence-electron chi connectivity index (χ1n) is 8.42. The van der Waals surface area contributed by atoms with Gasteiger partial charge in [-0.05, 0) is 43.4 Å². The molecule has 3 rings (SSSR count). The number of para-hydroxylation sites is 1. The van der Waals surface area contributed by atoms with Crippen LogP contribution in [0, 0.1) is 5.92 Å². The van der Waals surface area contributed by atoms with E-state index in [1.807, 2.05) is 36.4 Å². The van der Waals surface area contributed by atoms with E-state index in [9.17, 15) is 4.79 Å². The molecule has 0 unspecified atom stereocenters. The first-order chi connectivity index (χ1) is 11.3. The fourth-order valence-corrected chi connectivity index (χ4v) is 3.19. The first kappa shape index (κ1) is 15.5. The third-order valence-electron chi connectivity index (χ3n) is 4.46. The van der Waals surface area contributed by atoms with Crippen LogP contribution >= 0.6 is 0 Å². The van der Waals surface area contributed by atoms with E-state index < -0.39 is 0 Å². The Morgan fingerprint density at radius 1 is 1.00 bits per heavy atom. The van der Waals surface area contributed by atoms with E-state index in [-0.39, 0.29) is 11.8 Å². The van der Waals surface area contributed by atoms with Crippen molar-refractivity contribution < 1.29 is 4.79 Å². The number of allylic oxidation sites excluding steroid dienone is 1. The first-order valence-corrected chi connectivity index (χ1v) is 8.42. The zero-order valence-electron chi connectivity index (χ0n) is 13.4. The molecule has 23 heavy (non-hydrogen) atoms. The maximum atomic E-state index is 12.6. The average Bonchev–Trinajstić information content (AvgIpc) is 2.62. The Morgan fingerprint density at radius 2 is 1.70 bits per heavy atom. The van der Waals surface area contributed by atoms with E-state index >= 15 is 0 Å². The van der Waals surface area contributed by atoms with Crippen molar-refractivity contribution >= 4 is 11.6 Å². The summed E-state index contributed by atoms with van der Waals surface area (Å²) in [6.07, 6.45) is 7.50. The van der Waals surface area contributed by atoms with Crippen molar-refractivity contribution in [3.05, 3.63) is 77.9 Å². The zero-order valence-corrected chi connectivity index (χ0v) is 13.4. The van der Waals surface area contributed by atoms with Crippen LogP contribution in [0.1, 0.15) is 31.2 Å². The van der Waals surface area contributed by atoms with Gasteiger partial charge >= 0.3 is 0 Å². The molecule has 0 radical (unpaired) electrons. The lowest BCUT2D eigenvalue weighted by Crippen LogP contribution is -2.26. The number of amides is 1. The normalized spacial score (nSPS) is 19.5. The SMILES string of the molecule is O=C(Nc1ccccc1)[C@@H]1CCCC/C1=C\Cc1ccccc1. The number of benzene rings is 2. The lowest BCUT2D eigenvalue weighted by molar-refractivity contribution is -0.119. The van der Waals surface area contributed by atoms with Gasteiger partial charge in [-0.3, -0.25) is 4.79 Å². The minimum Gasteiger partial charge on any atom is -0.326 e. The topological polar surface area (TPSA) is 29.1 Å². The summed E-state index contributed by atoms with van der Waals surface area (Å²) in [4.78, 5) is 12.6. The molecule has 1 aliphatic rings. The van der Waals surface area contributed by atoms with Gasteiger partial charge < -0.3 is 5.32 Å². The molecule has 0 heterocycles. The number of anilines is 1. The highest BCUT2D eigenvalue weighted by atomic mass is 16.1. The summed E-state index contributed by atoms with van der Waals surface area (Å²) in [6.45, 7) is 0. The predicted octanol–water partition coefficient (Wildman–Crippen LogP) is 4.98. The van der Waals surface area contributed by atoms with Gasteiger partial charge in [0.1, 0.15) is 0 Å². The van der Waals surface area contributed by atoms with Crippen LogP contribution in [0.5, 0.6) is 0 Å². The fraction of sp³-hybridized carbons (Fsp3) is 0.286. The highest BCUT2D eigenvalue weighted by molar-refractivity contribution is 5.94. The molecule has 0 aliphatic heterocycles. The molecule has 1 atom stereocenters. The molecule has 0 bridgehead atoms. The maximum Gasteiger partial charge on any atom is 0.231 e. The highest BCUT2D eigenvalue weighted by Gasteiger charge is 2.25. The lowest BCUT2D eigenvalue weighted by Gasteiger charge is -2.25. The van der Waals surface area contributed by atoms with E-state index in [4.69, 9.17) is 0 Å². The molecule has 1 saturated carbocycles. The van der Waals surface area contributed by atoms with Crippen molar-refractivity contribution in [2.45, 2.75) is 32.1 Å². The van der Waals surface area contributed by atoms with Crippen LogP contribution in [0.2, 0.25) is 0 Å². The van der Waals surface area contributed by atoms with Crippen LogP contribution in [-0.4, -0.2) is 5.91 Å². The van der Waals surface area contributed by atoms with Crippen molar-refractivity contribution in [2.24, 2.45) is 5.92 Å². The van der Waals surface area contributed by atoms with E-state index in [0.29, 0.717) is 0 Å². The highest BCUT2D eigenvalue weighted by Crippen LogP contribution is 2.30. The third-order valence-corrected chi connectivity index (χ3v) is 4.46. The van der Waals surface area contributed by atoms with Crippen LogP contribution < -0.4 is 5.32 Å². The molecule has 2 nitrogen and oxygen atoms in total. The van der Waals surface area contributed by atoms with Crippen molar-refractivity contribution in [2.75, 3.05) is 5.32 Å². The Balaban J connectivity index is 1.69. The Kier molecular flexibility index (Phi) is 5.25. The summed E-state index contributed by atoms with van der Waals surface area (Å²) in [6, 6.07) is 20.2. The second kappa shape index (κ2) is 7.77. The van der Waals surface area contributed by atoms with Gasteiger partial charge in [-0.25, -0.2) is 0 Å². The van der Waals surface area contributed by atoms with Crippen LogP contribution in [-0.2, 0) is 11.2 Å². The summed E-state index contributed by atoms with van der Waals surface area (Å²) < 4.78 is 0. The molecule has 1 aliphatic carbocycles. The van der Waals surface area contributed by atoms with Gasteiger partial charge in [0.15, 0.2) is 0 Å². The quantitative estimate of drug-likeness (QED) is 0.793. The lowest BCUT2D eigenvalue weighted by atomic mass is 9.82. The Bertz CT molecular complexity index is 661. The average molecular weight is 305 g/mol. The molecular formula is C21H23NO. The number of nitrogens with one attached hydrogen (secondary N) is 1. The zero-order chi connectivity index (χ0) is 15.9. The van der Waals surface area contributed by atoms with Gasteiger partial charge in [-0.1, -0.05) is 66.6 Å². The fourth-order valence-electron chi connectivity index (χ4n) is 3.19. The van der Waals surface area contributed by atoms with Crippen molar-refractivity contribution in [3.8, 4) is 0 Å². The molecule has 2 heteroatoms. The largest absolute Gasteiger partial charge is 0.326 e. The monoisotopic (exact) mass is 305 g/mol. The predicted molar refractivity (Wildman–Crippen MR) is 95.3 cm³/mol. The molecule has 0 spiro atoms. The number of carbonyl (C=O) groups is 1. The van der Waals surface area contributed by atoms with E-state index in [1.54, 1.807) is 0 Å². The molecule has 0 aromatic heterocycles. The second-order valence-corrected chi connectivity index (χ2v) is 6.12. The van der Waals surface area contributed by atoms with Gasteiger partial charge in [-0.15, -0.1) is 0 Å². The Labute approximate surface area is 138 Å². The van der Waals surface area contributed by atoms with Crippen molar-refractivity contribution in [3.63, 3.8) is 0 Å². The minimum atomic E-state index is 0.0210. The van der Waals surface area contributed by atoms with Crippen LogP contribution in [0.3, 0.4) is 0 Å². The molecule has 1 fully saturated rings. The second-order valence-electron chi connectivity index (χ2n) is 6.12. The third kappa shape index (κ3) is 4.32. The molecular weight excluding hydrogens is 282 g/mol. The van der Waals surface area contributed by atoms with E-state index in [1.165, 1.54) is 17.6 Å². The number of rotatable bonds is 4. The van der Waals surface area contributed by atoms with E-state index in [0.717, 1.165) is 31.4 Å². The number of carbonyl (C=O) groups excluding carboxylic acids is 1. The Hall–Kier alpha value is -2.35. The smallest absolute Gasteiger partial charge is 0.231 e. The molecule has 2 aromatic rings. The number of hydrogen-bond donors (Lipinski definition) is 1. The molecule has 118 valence electrons. The van der Waals surface area contributed by atoms with E-state index in [2.05, 4.69) is 35.7 Å². The maximum absolute atomic E-state index is 12.6. The van der Waals surface area contributed by atoms with Gasteiger partial charge in [-0.2, -0.15) is 0 Å². The van der Waals surface area contributed by atoms with Crippen LogP contribution in [0.25, 0.3) is 0 Å². The summed E-state index contributed by atoms with van der Waals surface area (Å²) in [5, 5.41) is 3.06. The van der Waals surface area contributed by atoms with Gasteiger partial charge in [0.05, 0.1) is 5.92 Å². The number of hydrogen-bond acceptors (Lipinski definition) is 1. The standard InChI is InChI=1S/C21H23NO/c23-21(22-19-12-5-2-6-13-19)20-14-8-7-11-18(20)16-15-17-9-3-1-4-10-17/h1-6,9-10,12-13,16,20H,7-8,11,14-15H2,(H,22,23)/b18-16+/t20-/m1/s1. The molecule has 1 N–H and O–H groups in total. The van der Waals surface area contributed by atoms with Gasteiger partial charge in [0.25, 0.3) is 0 Å².